The fraction of sp³-hybridized carbons (Fsp3) is 0.0667. The smallest absolute Gasteiger partial charge is 0.221 e. The summed E-state index contributed by atoms with van der Waals surface area (Å²) in [6, 6.07) is 11.6. The Morgan fingerprint density at radius 2 is 1.64 bits per heavy atom. The Morgan fingerprint density at radius 1 is 1.05 bits per heavy atom. The molecule has 0 aliphatic heterocycles. The molecule has 114 valence electrons. The van der Waals surface area contributed by atoms with Gasteiger partial charge in [-0.25, -0.2) is 4.39 Å². The van der Waals surface area contributed by atoms with Gasteiger partial charge in [-0.1, -0.05) is 17.7 Å². The zero-order valence-corrected chi connectivity index (χ0v) is 13.2. The number of thiocarbonyl (C=S) groups is 1. The fourth-order valence-electron chi connectivity index (χ4n) is 1.73. The van der Waals surface area contributed by atoms with Crippen LogP contribution in [0, 0.1) is 5.82 Å². The summed E-state index contributed by atoms with van der Waals surface area (Å²) in [6.07, 6.45) is 0. The van der Waals surface area contributed by atoms with Crippen molar-refractivity contribution in [3.63, 3.8) is 0 Å². The second-order valence-electron chi connectivity index (χ2n) is 4.44. The number of carbonyl (C=O) groups is 1. The predicted molar refractivity (Wildman–Crippen MR) is 92.0 cm³/mol. The van der Waals surface area contributed by atoms with Crippen molar-refractivity contribution < 1.29 is 9.18 Å². The van der Waals surface area contributed by atoms with E-state index in [2.05, 4.69) is 16.0 Å². The van der Waals surface area contributed by atoms with Crippen LogP contribution in [0.2, 0.25) is 5.02 Å². The molecule has 1 amide bonds. The average Bonchev–Trinajstić information content (AvgIpc) is 2.45. The monoisotopic (exact) mass is 337 g/mol. The zero-order chi connectivity index (χ0) is 16.1. The van der Waals surface area contributed by atoms with Crippen LogP contribution in [0.25, 0.3) is 0 Å². The van der Waals surface area contributed by atoms with Gasteiger partial charge in [-0.05, 0) is 48.6 Å². The van der Waals surface area contributed by atoms with Crippen molar-refractivity contribution >= 4 is 51.9 Å². The maximum absolute atomic E-state index is 13.8. The normalized spacial score (nSPS) is 9.95. The van der Waals surface area contributed by atoms with Gasteiger partial charge in [-0.3, -0.25) is 4.79 Å². The predicted octanol–water partition coefficient (Wildman–Crippen LogP) is 4.25. The summed E-state index contributed by atoms with van der Waals surface area (Å²) < 4.78 is 13.8. The number of anilines is 3. The second kappa shape index (κ2) is 7.20. The summed E-state index contributed by atoms with van der Waals surface area (Å²) in [5, 5.41) is 8.56. The van der Waals surface area contributed by atoms with Gasteiger partial charge in [0.25, 0.3) is 0 Å². The Balaban J connectivity index is 2.00. The first-order valence-corrected chi connectivity index (χ1v) is 7.14. The molecule has 7 heteroatoms. The molecule has 0 spiro atoms. The molecule has 0 bridgehead atoms. The minimum Gasteiger partial charge on any atom is -0.332 e. The van der Waals surface area contributed by atoms with Crippen molar-refractivity contribution in [2.24, 2.45) is 0 Å². The third-order valence-electron chi connectivity index (χ3n) is 2.66. The van der Waals surface area contributed by atoms with Crippen LogP contribution in [0.4, 0.5) is 21.5 Å². The summed E-state index contributed by atoms with van der Waals surface area (Å²) in [5.41, 5.74) is 1.58. The van der Waals surface area contributed by atoms with E-state index in [1.54, 1.807) is 30.3 Å². The molecule has 0 unspecified atom stereocenters. The third-order valence-corrected chi connectivity index (χ3v) is 3.16. The first-order valence-electron chi connectivity index (χ1n) is 6.35. The molecule has 0 aliphatic carbocycles. The van der Waals surface area contributed by atoms with E-state index in [1.807, 2.05) is 0 Å². The highest BCUT2D eigenvalue weighted by Gasteiger charge is 2.07. The van der Waals surface area contributed by atoms with E-state index < -0.39 is 5.82 Å². The van der Waals surface area contributed by atoms with Crippen molar-refractivity contribution in [1.82, 2.24) is 0 Å². The van der Waals surface area contributed by atoms with Gasteiger partial charge in [0.1, 0.15) is 0 Å². The lowest BCUT2D eigenvalue weighted by Gasteiger charge is -2.12. The van der Waals surface area contributed by atoms with Gasteiger partial charge in [-0.15, -0.1) is 0 Å². The maximum atomic E-state index is 13.8. The molecular weight excluding hydrogens is 325 g/mol. The molecule has 0 atom stereocenters. The van der Waals surface area contributed by atoms with Crippen LogP contribution >= 0.6 is 23.8 Å². The van der Waals surface area contributed by atoms with Crippen LogP contribution in [-0.2, 0) is 4.79 Å². The number of rotatable bonds is 3. The van der Waals surface area contributed by atoms with Crippen LogP contribution in [-0.4, -0.2) is 11.0 Å². The van der Waals surface area contributed by atoms with Gasteiger partial charge in [-0.2, -0.15) is 0 Å². The Hall–Kier alpha value is -2.18. The van der Waals surface area contributed by atoms with Crippen molar-refractivity contribution in [1.29, 1.82) is 0 Å². The minimum atomic E-state index is -0.561. The quantitative estimate of drug-likeness (QED) is 0.733. The molecule has 2 aromatic carbocycles. The largest absolute Gasteiger partial charge is 0.332 e. The number of hydrogen-bond donors (Lipinski definition) is 3. The molecule has 0 heterocycles. The van der Waals surface area contributed by atoms with Gasteiger partial charge >= 0.3 is 0 Å². The summed E-state index contributed by atoms with van der Waals surface area (Å²) >= 11 is 10.8. The molecule has 0 saturated carbocycles. The first-order chi connectivity index (χ1) is 10.5. The Bertz CT molecular complexity index is 706. The van der Waals surface area contributed by atoms with E-state index >= 15 is 0 Å². The van der Waals surface area contributed by atoms with E-state index in [-0.39, 0.29) is 21.7 Å². The van der Waals surface area contributed by atoms with Crippen LogP contribution in [0.15, 0.2) is 42.5 Å². The summed E-state index contributed by atoms with van der Waals surface area (Å²) in [7, 11) is 0. The first kappa shape index (κ1) is 16.2. The summed E-state index contributed by atoms with van der Waals surface area (Å²) in [4.78, 5) is 10.9. The maximum Gasteiger partial charge on any atom is 0.221 e. The molecule has 0 aliphatic rings. The number of amides is 1. The zero-order valence-electron chi connectivity index (χ0n) is 11.6. The van der Waals surface area contributed by atoms with E-state index in [1.165, 1.54) is 19.1 Å². The molecule has 0 fully saturated rings. The van der Waals surface area contributed by atoms with Gasteiger partial charge < -0.3 is 16.0 Å². The Kier molecular flexibility index (Phi) is 5.30. The van der Waals surface area contributed by atoms with E-state index in [0.717, 1.165) is 0 Å². The van der Waals surface area contributed by atoms with Crippen molar-refractivity contribution in [3.05, 3.63) is 53.3 Å². The molecule has 0 saturated heterocycles. The number of nitrogens with one attached hydrogen (secondary N) is 3. The topological polar surface area (TPSA) is 53.2 Å². The molecule has 3 N–H and O–H groups in total. The van der Waals surface area contributed by atoms with Crippen molar-refractivity contribution in [2.75, 3.05) is 16.0 Å². The number of halogens is 2. The Morgan fingerprint density at radius 3 is 2.23 bits per heavy atom. The van der Waals surface area contributed by atoms with E-state index in [9.17, 15) is 9.18 Å². The van der Waals surface area contributed by atoms with Gasteiger partial charge in [0.15, 0.2) is 10.9 Å². The van der Waals surface area contributed by atoms with Crippen LogP contribution in [0.5, 0.6) is 0 Å². The standard InChI is InChI=1S/C15H13ClFN3OS/c1-9(21)18-10-5-7-11(8-6-10)19-15(22)20-13-4-2-3-12(16)14(13)17/h2-8H,1H3,(H,18,21)(H2,19,20,22). The van der Waals surface area contributed by atoms with Gasteiger partial charge in [0.2, 0.25) is 5.91 Å². The lowest BCUT2D eigenvalue weighted by Crippen LogP contribution is -2.19. The fourth-order valence-corrected chi connectivity index (χ4v) is 2.13. The summed E-state index contributed by atoms with van der Waals surface area (Å²) in [5.74, 6) is -0.705. The average molecular weight is 338 g/mol. The second-order valence-corrected chi connectivity index (χ2v) is 5.25. The SMILES string of the molecule is CC(=O)Nc1ccc(NC(=S)Nc2cccc(Cl)c2F)cc1. The molecule has 2 rings (SSSR count). The number of hydrogen-bond acceptors (Lipinski definition) is 2. The van der Waals surface area contributed by atoms with Crippen molar-refractivity contribution in [2.45, 2.75) is 6.92 Å². The van der Waals surface area contributed by atoms with Gasteiger partial charge in [0, 0.05) is 18.3 Å². The lowest BCUT2D eigenvalue weighted by atomic mass is 10.3. The summed E-state index contributed by atoms with van der Waals surface area (Å²) in [6.45, 7) is 1.44. The molecule has 4 nitrogen and oxygen atoms in total. The van der Waals surface area contributed by atoms with Crippen LogP contribution in [0.1, 0.15) is 6.92 Å². The highest BCUT2D eigenvalue weighted by molar-refractivity contribution is 7.80. The molecule has 2 aromatic rings. The molecular formula is C15H13ClFN3OS. The molecule has 0 radical (unpaired) electrons. The van der Waals surface area contributed by atoms with Gasteiger partial charge in [0.05, 0.1) is 10.7 Å². The highest BCUT2D eigenvalue weighted by Crippen LogP contribution is 2.22. The van der Waals surface area contributed by atoms with Crippen molar-refractivity contribution in [3.8, 4) is 0 Å². The lowest BCUT2D eigenvalue weighted by molar-refractivity contribution is -0.114. The third kappa shape index (κ3) is 4.41. The highest BCUT2D eigenvalue weighted by atomic mass is 35.5. The van der Waals surface area contributed by atoms with Crippen LogP contribution in [0.3, 0.4) is 0 Å². The van der Waals surface area contributed by atoms with Crippen LogP contribution < -0.4 is 16.0 Å². The number of benzene rings is 2. The Labute approximate surface area is 137 Å². The molecule has 22 heavy (non-hydrogen) atoms. The number of carbonyl (C=O) groups excluding carboxylic acids is 1. The minimum absolute atomic E-state index is 0.0208. The molecule has 0 aromatic heterocycles. The van der Waals surface area contributed by atoms with E-state index in [4.69, 9.17) is 23.8 Å². The van der Waals surface area contributed by atoms with E-state index in [0.29, 0.717) is 11.4 Å².